The predicted octanol–water partition coefficient (Wildman–Crippen LogP) is 2.38. The van der Waals surface area contributed by atoms with Gasteiger partial charge in [-0.3, -0.25) is 4.57 Å². The Labute approximate surface area is 130 Å². The normalized spacial score (nSPS) is 12.5. The summed E-state index contributed by atoms with van der Waals surface area (Å²) < 4.78 is 2.17. The zero-order valence-electron chi connectivity index (χ0n) is 12.6. The molecule has 0 aliphatic heterocycles. The van der Waals surface area contributed by atoms with Crippen molar-refractivity contribution in [3.63, 3.8) is 0 Å². The summed E-state index contributed by atoms with van der Waals surface area (Å²) >= 11 is 1.79. The fourth-order valence-corrected chi connectivity index (χ4v) is 3.08. The van der Waals surface area contributed by atoms with E-state index in [0.717, 1.165) is 35.9 Å². The van der Waals surface area contributed by atoms with E-state index >= 15 is 0 Å². The highest BCUT2D eigenvalue weighted by atomic mass is 32.2. The lowest BCUT2D eigenvalue weighted by Gasteiger charge is -2.17. The van der Waals surface area contributed by atoms with Gasteiger partial charge in [-0.1, -0.05) is 18.2 Å². The number of imidazole rings is 1. The van der Waals surface area contributed by atoms with Crippen LogP contribution in [0.5, 0.6) is 0 Å². The lowest BCUT2D eigenvalue weighted by atomic mass is 10.2. The number of benzene rings is 1. The molecule has 1 aromatic carbocycles. The second-order valence-electron chi connectivity index (χ2n) is 5.01. The van der Waals surface area contributed by atoms with E-state index in [0.29, 0.717) is 6.04 Å². The van der Waals surface area contributed by atoms with Gasteiger partial charge in [-0.25, -0.2) is 4.98 Å². The van der Waals surface area contributed by atoms with Gasteiger partial charge in [-0.15, -0.1) is 0 Å². The minimum Gasteiger partial charge on any atom is -0.396 e. The third-order valence-corrected chi connectivity index (χ3v) is 4.18. The molecule has 0 aliphatic rings. The lowest BCUT2D eigenvalue weighted by Crippen LogP contribution is -2.32. The van der Waals surface area contributed by atoms with Crippen molar-refractivity contribution >= 4 is 11.8 Å². The Morgan fingerprint density at radius 2 is 2.10 bits per heavy atom. The van der Waals surface area contributed by atoms with E-state index in [4.69, 9.17) is 5.11 Å². The molecule has 2 rings (SSSR count). The Hall–Kier alpha value is -1.30. The van der Waals surface area contributed by atoms with Crippen molar-refractivity contribution in [2.45, 2.75) is 25.9 Å². The summed E-state index contributed by atoms with van der Waals surface area (Å²) in [5.74, 6) is 1.99. The zero-order valence-corrected chi connectivity index (χ0v) is 13.4. The molecule has 4 nitrogen and oxygen atoms in total. The smallest absolute Gasteiger partial charge is 0.110 e. The Morgan fingerprint density at radius 3 is 2.76 bits per heavy atom. The first-order chi connectivity index (χ1) is 10.3. The van der Waals surface area contributed by atoms with E-state index in [1.54, 1.807) is 11.8 Å². The molecule has 0 bridgehead atoms. The highest BCUT2D eigenvalue weighted by Gasteiger charge is 2.11. The van der Waals surface area contributed by atoms with Crippen LogP contribution in [-0.2, 0) is 6.54 Å². The van der Waals surface area contributed by atoms with Crippen molar-refractivity contribution in [2.24, 2.45) is 0 Å². The summed E-state index contributed by atoms with van der Waals surface area (Å²) in [5.41, 5.74) is 2.27. The van der Waals surface area contributed by atoms with E-state index in [-0.39, 0.29) is 6.61 Å². The molecule has 2 N–H and O–H groups in total. The van der Waals surface area contributed by atoms with Crippen LogP contribution in [-0.4, -0.2) is 39.3 Å². The van der Waals surface area contributed by atoms with Crippen molar-refractivity contribution in [3.8, 4) is 5.69 Å². The molecule has 0 radical (unpaired) electrons. The Morgan fingerprint density at radius 1 is 1.33 bits per heavy atom. The van der Waals surface area contributed by atoms with E-state index in [1.807, 2.05) is 31.3 Å². The lowest BCUT2D eigenvalue weighted by molar-refractivity contribution is 0.269. The fourth-order valence-electron chi connectivity index (χ4n) is 2.40. The molecule has 0 saturated carbocycles. The van der Waals surface area contributed by atoms with Crippen molar-refractivity contribution in [3.05, 3.63) is 48.0 Å². The number of thioether (sulfide) groups is 1. The minimum absolute atomic E-state index is 0.217. The molecule has 2 aromatic rings. The molecule has 0 spiro atoms. The van der Waals surface area contributed by atoms with Crippen LogP contribution in [0.15, 0.2) is 36.5 Å². The summed E-state index contributed by atoms with van der Waals surface area (Å²) in [7, 11) is 0. The minimum atomic E-state index is 0.217. The molecule has 1 aromatic heterocycles. The van der Waals surface area contributed by atoms with E-state index in [9.17, 15) is 0 Å². The number of aliphatic hydroxyl groups excluding tert-OH is 1. The molecule has 5 heteroatoms. The third kappa shape index (κ3) is 4.33. The van der Waals surface area contributed by atoms with Crippen LogP contribution in [0, 0.1) is 6.92 Å². The van der Waals surface area contributed by atoms with Crippen LogP contribution < -0.4 is 5.32 Å². The zero-order chi connectivity index (χ0) is 15.1. The van der Waals surface area contributed by atoms with Crippen LogP contribution in [0.2, 0.25) is 0 Å². The molecule has 0 saturated heterocycles. The average molecular weight is 305 g/mol. The fraction of sp³-hybridized carbons (Fsp3) is 0.438. The van der Waals surface area contributed by atoms with Gasteiger partial charge in [0.15, 0.2) is 0 Å². The maximum Gasteiger partial charge on any atom is 0.110 e. The summed E-state index contributed by atoms with van der Waals surface area (Å²) in [4.78, 5) is 4.43. The quantitative estimate of drug-likeness (QED) is 0.786. The second-order valence-corrected chi connectivity index (χ2v) is 5.92. The summed E-state index contributed by atoms with van der Waals surface area (Å²) in [6.45, 7) is 2.99. The van der Waals surface area contributed by atoms with Gasteiger partial charge in [0, 0.05) is 30.6 Å². The van der Waals surface area contributed by atoms with Gasteiger partial charge in [0.05, 0.1) is 11.9 Å². The van der Waals surface area contributed by atoms with E-state index < -0.39 is 0 Å². The summed E-state index contributed by atoms with van der Waals surface area (Å²) in [5, 5.41) is 12.7. The number of aryl methyl sites for hydroxylation is 1. The number of para-hydroxylation sites is 1. The SMILES string of the molecule is CSCC(CCO)NCc1cnc(C)n1-c1ccccc1. The van der Waals surface area contributed by atoms with Crippen LogP contribution in [0.1, 0.15) is 17.9 Å². The third-order valence-electron chi connectivity index (χ3n) is 3.44. The second kappa shape index (κ2) is 8.22. The standard InChI is InChI=1S/C16H23N3OS/c1-13-17-10-16(11-18-14(8-9-20)12-21-2)19(13)15-6-4-3-5-7-15/h3-7,10,14,18,20H,8-9,11-12H2,1-2H3. The van der Waals surface area contributed by atoms with Crippen LogP contribution in [0.3, 0.4) is 0 Å². The number of aromatic nitrogens is 2. The molecule has 0 amide bonds. The first-order valence-corrected chi connectivity index (χ1v) is 8.57. The van der Waals surface area contributed by atoms with Crippen molar-refractivity contribution in [2.75, 3.05) is 18.6 Å². The summed E-state index contributed by atoms with van der Waals surface area (Å²) in [6, 6.07) is 10.6. The molecule has 0 fully saturated rings. The maximum absolute atomic E-state index is 9.13. The van der Waals surface area contributed by atoms with Crippen molar-refractivity contribution in [1.29, 1.82) is 0 Å². The van der Waals surface area contributed by atoms with Crippen LogP contribution in [0.25, 0.3) is 5.69 Å². The number of nitrogens with zero attached hydrogens (tertiary/aromatic N) is 2. The van der Waals surface area contributed by atoms with Crippen LogP contribution in [0.4, 0.5) is 0 Å². The van der Waals surface area contributed by atoms with Gasteiger partial charge in [0.25, 0.3) is 0 Å². The number of hydrogen-bond acceptors (Lipinski definition) is 4. The van der Waals surface area contributed by atoms with E-state index in [1.165, 1.54) is 0 Å². The number of nitrogens with one attached hydrogen (secondary N) is 1. The molecule has 114 valence electrons. The molecule has 1 atom stereocenters. The highest BCUT2D eigenvalue weighted by molar-refractivity contribution is 7.98. The Bertz CT molecular complexity index is 536. The van der Waals surface area contributed by atoms with Crippen molar-refractivity contribution < 1.29 is 5.11 Å². The van der Waals surface area contributed by atoms with Crippen LogP contribution >= 0.6 is 11.8 Å². The van der Waals surface area contributed by atoms with Gasteiger partial charge >= 0.3 is 0 Å². The first-order valence-electron chi connectivity index (χ1n) is 7.18. The molecule has 1 unspecified atom stereocenters. The monoisotopic (exact) mass is 305 g/mol. The van der Waals surface area contributed by atoms with Crippen molar-refractivity contribution in [1.82, 2.24) is 14.9 Å². The Balaban J connectivity index is 2.11. The maximum atomic E-state index is 9.13. The van der Waals surface area contributed by atoms with E-state index in [2.05, 4.69) is 33.3 Å². The average Bonchev–Trinajstić information content (AvgIpc) is 2.87. The van der Waals surface area contributed by atoms with Gasteiger partial charge in [0.1, 0.15) is 5.82 Å². The number of rotatable bonds is 8. The van der Waals surface area contributed by atoms with Gasteiger partial charge < -0.3 is 10.4 Å². The molecule has 21 heavy (non-hydrogen) atoms. The molecule has 1 heterocycles. The largest absolute Gasteiger partial charge is 0.396 e. The summed E-state index contributed by atoms with van der Waals surface area (Å²) in [6.07, 6.45) is 4.79. The topological polar surface area (TPSA) is 50.1 Å². The molecule has 0 aliphatic carbocycles. The van der Waals surface area contributed by atoms with Gasteiger partial charge in [-0.2, -0.15) is 11.8 Å². The van der Waals surface area contributed by atoms with Gasteiger partial charge in [-0.05, 0) is 31.7 Å². The highest BCUT2D eigenvalue weighted by Crippen LogP contribution is 2.14. The van der Waals surface area contributed by atoms with Gasteiger partial charge in [0.2, 0.25) is 0 Å². The first kappa shape index (κ1) is 16.1. The number of hydrogen-bond donors (Lipinski definition) is 2. The Kier molecular flexibility index (Phi) is 6.29. The molecular weight excluding hydrogens is 282 g/mol. The molecular formula is C16H23N3OS. The predicted molar refractivity (Wildman–Crippen MR) is 89.0 cm³/mol. The number of aliphatic hydroxyl groups is 1.